The number of aromatic nitrogens is 2. The van der Waals surface area contributed by atoms with E-state index in [1.165, 1.54) is 0 Å². The zero-order chi connectivity index (χ0) is 12.3. The van der Waals surface area contributed by atoms with Crippen LogP contribution in [0.3, 0.4) is 0 Å². The highest BCUT2D eigenvalue weighted by Crippen LogP contribution is 2.25. The van der Waals surface area contributed by atoms with E-state index in [1.807, 2.05) is 22.8 Å². The van der Waals surface area contributed by atoms with Gasteiger partial charge in [0, 0.05) is 32.3 Å². The minimum absolute atomic E-state index is 0.188. The lowest BCUT2D eigenvalue weighted by atomic mass is 9.95. The number of piperidine rings is 1. The van der Waals surface area contributed by atoms with Crippen LogP contribution in [0.1, 0.15) is 24.5 Å². The van der Waals surface area contributed by atoms with Gasteiger partial charge in [-0.3, -0.25) is 9.48 Å². The minimum Gasteiger partial charge on any atom is -0.341 e. The van der Waals surface area contributed by atoms with Crippen LogP contribution in [0.5, 0.6) is 0 Å². The summed E-state index contributed by atoms with van der Waals surface area (Å²) in [6.45, 7) is 2.11. The molecule has 1 aliphatic heterocycles. The van der Waals surface area contributed by atoms with E-state index in [2.05, 4.69) is 16.5 Å². The number of likely N-dealkylation sites (N-methyl/N-ethyl adjacent to an activating group) is 1. The molecule has 1 saturated heterocycles. The molecule has 0 saturated carbocycles. The number of nitrogens with one attached hydrogen (secondary N) is 1. The molecular formula is C12H20N4O. The van der Waals surface area contributed by atoms with Crippen LogP contribution in [0.4, 0.5) is 0 Å². The van der Waals surface area contributed by atoms with Crippen molar-refractivity contribution in [2.45, 2.75) is 18.8 Å². The Hall–Kier alpha value is -1.36. The van der Waals surface area contributed by atoms with Crippen LogP contribution in [0.25, 0.3) is 0 Å². The second kappa shape index (κ2) is 5.31. The molecule has 0 bridgehead atoms. The van der Waals surface area contributed by atoms with E-state index in [-0.39, 0.29) is 5.91 Å². The molecule has 0 aromatic carbocycles. The third-order valence-corrected chi connectivity index (χ3v) is 3.25. The van der Waals surface area contributed by atoms with Gasteiger partial charge in [0.1, 0.15) is 0 Å². The van der Waals surface area contributed by atoms with E-state index in [0.29, 0.717) is 12.5 Å². The smallest absolute Gasteiger partial charge is 0.236 e. The number of aryl methyl sites for hydroxylation is 1. The van der Waals surface area contributed by atoms with Crippen molar-refractivity contribution in [1.82, 2.24) is 20.0 Å². The lowest BCUT2D eigenvalue weighted by molar-refractivity contribution is -0.131. The Morgan fingerprint density at radius 3 is 3.12 bits per heavy atom. The van der Waals surface area contributed by atoms with Crippen molar-refractivity contribution >= 4 is 5.91 Å². The fraction of sp³-hybridized carbons (Fsp3) is 0.667. The fourth-order valence-corrected chi connectivity index (χ4v) is 2.36. The zero-order valence-electron chi connectivity index (χ0n) is 10.5. The molecule has 94 valence electrons. The molecule has 2 heterocycles. The van der Waals surface area contributed by atoms with Gasteiger partial charge >= 0.3 is 0 Å². The van der Waals surface area contributed by atoms with Crippen molar-refractivity contribution in [2.75, 3.05) is 26.7 Å². The molecule has 0 spiro atoms. The number of hydrogen-bond donors (Lipinski definition) is 1. The summed E-state index contributed by atoms with van der Waals surface area (Å²) in [5, 5.41) is 7.35. The molecule has 5 heteroatoms. The number of likely N-dealkylation sites (tertiary alicyclic amines) is 1. The van der Waals surface area contributed by atoms with Crippen LogP contribution >= 0.6 is 0 Å². The summed E-state index contributed by atoms with van der Waals surface area (Å²) in [7, 11) is 3.73. The van der Waals surface area contributed by atoms with Gasteiger partial charge in [0.25, 0.3) is 0 Å². The highest BCUT2D eigenvalue weighted by atomic mass is 16.2. The number of carbonyl (C=O) groups is 1. The minimum atomic E-state index is 0.188. The molecule has 1 aromatic heterocycles. The van der Waals surface area contributed by atoms with E-state index in [1.54, 1.807) is 7.05 Å². The fourth-order valence-electron chi connectivity index (χ4n) is 2.36. The van der Waals surface area contributed by atoms with Crippen LogP contribution in [0.2, 0.25) is 0 Å². The molecule has 1 aromatic rings. The van der Waals surface area contributed by atoms with Crippen molar-refractivity contribution in [2.24, 2.45) is 7.05 Å². The van der Waals surface area contributed by atoms with E-state index in [9.17, 15) is 4.79 Å². The molecule has 0 unspecified atom stereocenters. The van der Waals surface area contributed by atoms with E-state index in [0.717, 1.165) is 31.6 Å². The number of carbonyl (C=O) groups excluding carboxylic acids is 1. The number of amides is 1. The van der Waals surface area contributed by atoms with Crippen molar-refractivity contribution < 1.29 is 4.79 Å². The average molecular weight is 236 g/mol. The Morgan fingerprint density at radius 2 is 2.47 bits per heavy atom. The quantitative estimate of drug-likeness (QED) is 0.823. The molecule has 17 heavy (non-hydrogen) atoms. The van der Waals surface area contributed by atoms with Gasteiger partial charge in [0.05, 0.1) is 12.2 Å². The maximum absolute atomic E-state index is 11.8. The molecule has 5 nitrogen and oxygen atoms in total. The SMILES string of the molecule is CNCC(=O)N1CCC[C@H](c2ccn(C)n2)C1. The van der Waals surface area contributed by atoms with Crippen LogP contribution in [0, 0.1) is 0 Å². The Morgan fingerprint density at radius 1 is 1.65 bits per heavy atom. The number of hydrogen-bond acceptors (Lipinski definition) is 3. The Kier molecular flexibility index (Phi) is 3.78. The second-order valence-electron chi connectivity index (χ2n) is 4.62. The van der Waals surface area contributed by atoms with Gasteiger partial charge < -0.3 is 10.2 Å². The summed E-state index contributed by atoms with van der Waals surface area (Å²) in [6, 6.07) is 2.05. The monoisotopic (exact) mass is 236 g/mol. The third kappa shape index (κ3) is 2.85. The third-order valence-electron chi connectivity index (χ3n) is 3.25. The average Bonchev–Trinajstić information content (AvgIpc) is 2.76. The van der Waals surface area contributed by atoms with Crippen LogP contribution < -0.4 is 5.32 Å². The number of nitrogens with zero attached hydrogens (tertiary/aromatic N) is 3. The van der Waals surface area contributed by atoms with Gasteiger partial charge in [0.2, 0.25) is 5.91 Å². The maximum atomic E-state index is 11.8. The largest absolute Gasteiger partial charge is 0.341 e. The van der Waals surface area contributed by atoms with Crippen LogP contribution in [-0.4, -0.2) is 47.3 Å². The molecule has 1 atom stereocenters. The van der Waals surface area contributed by atoms with E-state index in [4.69, 9.17) is 0 Å². The van der Waals surface area contributed by atoms with Gasteiger partial charge in [-0.15, -0.1) is 0 Å². The van der Waals surface area contributed by atoms with Crippen molar-refractivity contribution in [3.63, 3.8) is 0 Å². The predicted molar refractivity (Wildman–Crippen MR) is 65.7 cm³/mol. The van der Waals surface area contributed by atoms with Gasteiger partial charge in [-0.1, -0.05) is 0 Å². The first-order valence-electron chi connectivity index (χ1n) is 6.12. The summed E-state index contributed by atoms with van der Waals surface area (Å²) in [6.07, 6.45) is 4.15. The Bertz CT molecular complexity index is 388. The van der Waals surface area contributed by atoms with Crippen molar-refractivity contribution in [3.8, 4) is 0 Å². The van der Waals surface area contributed by atoms with Gasteiger partial charge in [-0.25, -0.2) is 0 Å². The van der Waals surface area contributed by atoms with Crippen molar-refractivity contribution in [1.29, 1.82) is 0 Å². The Labute approximate surface area is 102 Å². The zero-order valence-corrected chi connectivity index (χ0v) is 10.5. The molecular weight excluding hydrogens is 216 g/mol. The summed E-state index contributed by atoms with van der Waals surface area (Å²) in [5.41, 5.74) is 1.11. The van der Waals surface area contributed by atoms with Gasteiger partial charge in [-0.2, -0.15) is 5.10 Å². The summed E-state index contributed by atoms with van der Waals surface area (Å²) in [5.74, 6) is 0.582. The second-order valence-corrected chi connectivity index (χ2v) is 4.62. The van der Waals surface area contributed by atoms with Crippen LogP contribution in [0.15, 0.2) is 12.3 Å². The maximum Gasteiger partial charge on any atom is 0.236 e. The number of rotatable bonds is 3. The first-order chi connectivity index (χ1) is 8.20. The summed E-state index contributed by atoms with van der Waals surface area (Å²) >= 11 is 0. The highest BCUT2D eigenvalue weighted by molar-refractivity contribution is 5.78. The predicted octanol–water partition coefficient (Wildman–Crippen LogP) is 0.345. The molecule has 0 radical (unpaired) electrons. The lowest BCUT2D eigenvalue weighted by Crippen LogP contribution is -2.42. The van der Waals surface area contributed by atoms with Gasteiger partial charge in [0.15, 0.2) is 0 Å². The lowest BCUT2D eigenvalue weighted by Gasteiger charge is -2.32. The first-order valence-corrected chi connectivity index (χ1v) is 6.12. The summed E-state index contributed by atoms with van der Waals surface area (Å²) in [4.78, 5) is 13.8. The topological polar surface area (TPSA) is 50.2 Å². The molecule has 1 fully saturated rings. The Balaban J connectivity index is 1.99. The standard InChI is InChI=1S/C12H20N4O/c1-13-8-12(17)16-6-3-4-10(9-16)11-5-7-15(2)14-11/h5,7,10,13H,3-4,6,8-9H2,1-2H3/t10-/m0/s1. The van der Waals surface area contributed by atoms with Crippen molar-refractivity contribution in [3.05, 3.63) is 18.0 Å². The molecule has 1 N–H and O–H groups in total. The van der Waals surface area contributed by atoms with Gasteiger partial charge in [-0.05, 0) is 26.0 Å². The molecule has 2 rings (SSSR count). The normalized spacial score (nSPS) is 20.6. The molecule has 1 aliphatic rings. The summed E-state index contributed by atoms with van der Waals surface area (Å²) < 4.78 is 1.82. The van der Waals surface area contributed by atoms with E-state index >= 15 is 0 Å². The highest BCUT2D eigenvalue weighted by Gasteiger charge is 2.25. The molecule has 0 aliphatic carbocycles. The van der Waals surface area contributed by atoms with Crippen LogP contribution in [-0.2, 0) is 11.8 Å². The van der Waals surface area contributed by atoms with E-state index < -0.39 is 0 Å². The first kappa shape index (κ1) is 12.1. The molecule has 1 amide bonds.